The van der Waals surface area contributed by atoms with Gasteiger partial charge in [-0.15, -0.1) is 11.8 Å². The van der Waals surface area contributed by atoms with Crippen LogP contribution in [0.5, 0.6) is 5.75 Å². The predicted molar refractivity (Wildman–Crippen MR) is 133 cm³/mol. The van der Waals surface area contributed by atoms with Crippen LogP contribution >= 0.6 is 34.4 Å². The number of hydrogen-bond donors (Lipinski definition) is 1. The molecule has 1 saturated heterocycles. The molecule has 1 heterocycles. The summed E-state index contributed by atoms with van der Waals surface area (Å²) >= 11 is 3.53. The Balaban J connectivity index is 1.40. The van der Waals surface area contributed by atoms with Gasteiger partial charge in [0.05, 0.1) is 18.0 Å². The molecule has 32 heavy (non-hydrogen) atoms. The van der Waals surface area contributed by atoms with Crippen LogP contribution in [0.3, 0.4) is 0 Å². The monoisotopic (exact) mass is 558 g/mol. The molecule has 1 N–H and O–H groups in total. The Morgan fingerprint density at radius 2 is 1.78 bits per heavy atom. The van der Waals surface area contributed by atoms with E-state index in [0.717, 1.165) is 8.47 Å². The summed E-state index contributed by atoms with van der Waals surface area (Å²) in [5, 5.41) is 2.37. The third-order valence-corrected chi connectivity index (χ3v) is 6.83. The van der Waals surface area contributed by atoms with Gasteiger partial charge in [0.25, 0.3) is 5.91 Å². The maximum absolute atomic E-state index is 12.8. The second kappa shape index (κ2) is 9.74. The van der Waals surface area contributed by atoms with Crippen molar-refractivity contribution in [1.82, 2.24) is 0 Å². The molecule has 0 spiro atoms. The van der Waals surface area contributed by atoms with E-state index in [1.807, 2.05) is 24.3 Å². The van der Waals surface area contributed by atoms with Crippen LogP contribution < -0.4 is 15.0 Å². The van der Waals surface area contributed by atoms with Crippen molar-refractivity contribution in [1.29, 1.82) is 0 Å². The Bertz CT molecular complexity index is 1170. The molecule has 4 rings (SSSR count). The van der Waals surface area contributed by atoms with Gasteiger partial charge in [0.2, 0.25) is 11.8 Å². The predicted octanol–water partition coefficient (Wildman–Crippen LogP) is 4.98. The first-order valence-electron chi connectivity index (χ1n) is 9.79. The van der Waals surface area contributed by atoms with Crippen molar-refractivity contribution in [3.05, 3.63) is 81.9 Å². The van der Waals surface area contributed by atoms with Gasteiger partial charge in [0, 0.05) is 26.1 Å². The third kappa shape index (κ3) is 4.97. The van der Waals surface area contributed by atoms with Crippen molar-refractivity contribution in [3.8, 4) is 5.75 Å². The molecular weight excluding hydrogens is 539 g/mol. The molecule has 162 valence electrons. The maximum Gasteiger partial charge on any atom is 0.255 e. The van der Waals surface area contributed by atoms with Crippen molar-refractivity contribution in [2.24, 2.45) is 0 Å². The highest BCUT2D eigenvalue weighted by Crippen LogP contribution is 2.34. The van der Waals surface area contributed by atoms with E-state index in [0.29, 0.717) is 22.7 Å². The first-order valence-corrected chi connectivity index (χ1v) is 11.7. The smallest absolute Gasteiger partial charge is 0.255 e. The largest absolute Gasteiger partial charge is 0.497 e. The molecule has 6 nitrogen and oxygen atoms in total. The number of methoxy groups -OCH3 is 1. The van der Waals surface area contributed by atoms with Crippen LogP contribution in [0.15, 0.2) is 77.7 Å². The molecule has 8 heteroatoms. The minimum Gasteiger partial charge on any atom is -0.497 e. The van der Waals surface area contributed by atoms with E-state index in [-0.39, 0.29) is 24.1 Å². The fourth-order valence-electron chi connectivity index (χ4n) is 3.31. The fourth-order valence-corrected chi connectivity index (χ4v) is 4.72. The number of carbonyl (C=O) groups excluding carboxylic acids is 3. The second-order valence-corrected chi connectivity index (χ2v) is 9.59. The fraction of sp³-hybridized carbons (Fsp3) is 0.125. The summed E-state index contributed by atoms with van der Waals surface area (Å²) in [5.41, 5.74) is 1.73. The van der Waals surface area contributed by atoms with Crippen LogP contribution in [0.4, 0.5) is 11.4 Å². The Labute approximate surface area is 203 Å². The number of halogens is 1. The topological polar surface area (TPSA) is 75.7 Å². The van der Waals surface area contributed by atoms with Crippen molar-refractivity contribution in [3.63, 3.8) is 0 Å². The number of hydrogen-bond acceptors (Lipinski definition) is 5. The molecule has 1 aliphatic rings. The summed E-state index contributed by atoms with van der Waals surface area (Å²) in [7, 11) is 1.55. The number of ether oxygens (including phenoxy) is 1. The SMILES string of the molecule is COc1cccc(C(=O)Nc2ccc(SC3CC(=O)N(c4ccc(I)cc4)C3=O)cc2)c1. The molecule has 3 aromatic rings. The van der Waals surface area contributed by atoms with Crippen LogP contribution in [0.1, 0.15) is 16.8 Å². The summed E-state index contributed by atoms with van der Waals surface area (Å²) in [5.74, 6) is -0.0408. The Morgan fingerprint density at radius 3 is 2.47 bits per heavy atom. The van der Waals surface area contributed by atoms with Crippen molar-refractivity contribution < 1.29 is 19.1 Å². The van der Waals surface area contributed by atoms with Gasteiger partial charge < -0.3 is 10.1 Å². The van der Waals surface area contributed by atoms with Gasteiger partial charge in [-0.05, 0) is 89.3 Å². The first-order chi connectivity index (χ1) is 15.4. The summed E-state index contributed by atoms with van der Waals surface area (Å²) in [4.78, 5) is 39.9. The molecular formula is C24H19IN2O4S. The number of imide groups is 1. The molecule has 3 amide bonds. The van der Waals surface area contributed by atoms with Gasteiger partial charge in [0.15, 0.2) is 0 Å². The van der Waals surface area contributed by atoms with Gasteiger partial charge in [-0.1, -0.05) is 6.07 Å². The number of amides is 3. The molecule has 3 aromatic carbocycles. The van der Waals surface area contributed by atoms with E-state index in [2.05, 4.69) is 27.9 Å². The van der Waals surface area contributed by atoms with Crippen molar-refractivity contribution >= 4 is 63.4 Å². The van der Waals surface area contributed by atoms with Gasteiger partial charge in [-0.3, -0.25) is 14.4 Å². The van der Waals surface area contributed by atoms with Crippen LogP contribution in [0, 0.1) is 3.57 Å². The Hall–Kier alpha value is -2.85. The van der Waals surface area contributed by atoms with E-state index < -0.39 is 5.25 Å². The minimum atomic E-state index is -0.473. The highest BCUT2D eigenvalue weighted by atomic mass is 127. The van der Waals surface area contributed by atoms with E-state index in [1.165, 1.54) is 16.7 Å². The molecule has 0 radical (unpaired) electrons. The maximum atomic E-state index is 12.8. The number of nitrogens with zero attached hydrogens (tertiary/aromatic N) is 1. The third-order valence-electron chi connectivity index (χ3n) is 4.91. The number of rotatable bonds is 6. The zero-order valence-electron chi connectivity index (χ0n) is 17.1. The normalized spacial score (nSPS) is 15.7. The number of thioether (sulfide) groups is 1. The number of nitrogens with one attached hydrogen (secondary N) is 1. The molecule has 1 aliphatic heterocycles. The van der Waals surface area contributed by atoms with Crippen LogP contribution in [-0.2, 0) is 9.59 Å². The average molecular weight is 558 g/mol. The summed E-state index contributed by atoms with van der Waals surface area (Å²) in [6, 6.07) is 21.4. The second-order valence-electron chi connectivity index (χ2n) is 7.06. The number of anilines is 2. The quantitative estimate of drug-likeness (QED) is 0.342. The molecule has 0 aliphatic carbocycles. The van der Waals surface area contributed by atoms with Crippen LogP contribution in [0.25, 0.3) is 0 Å². The van der Waals surface area contributed by atoms with Gasteiger partial charge in [-0.25, -0.2) is 4.90 Å². The molecule has 0 saturated carbocycles. The number of carbonyl (C=O) groups is 3. The molecule has 0 aromatic heterocycles. The average Bonchev–Trinajstić information content (AvgIpc) is 3.08. The molecule has 1 atom stereocenters. The Kier molecular flexibility index (Phi) is 6.80. The first kappa shape index (κ1) is 22.3. The van der Waals surface area contributed by atoms with Gasteiger partial charge >= 0.3 is 0 Å². The van der Waals surface area contributed by atoms with E-state index in [9.17, 15) is 14.4 Å². The number of benzene rings is 3. The van der Waals surface area contributed by atoms with Crippen molar-refractivity contribution in [2.45, 2.75) is 16.6 Å². The highest BCUT2D eigenvalue weighted by molar-refractivity contribution is 14.1. The Morgan fingerprint density at radius 1 is 1.06 bits per heavy atom. The standard InChI is InChI=1S/C24H19IN2O4S/c1-31-19-4-2-3-15(13-19)23(29)26-17-7-11-20(12-8-17)32-21-14-22(28)27(24(21)30)18-9-5-16(25)6-10-18/h2-13,21H,14H2,1H3,(H,26,29). The molecule has 1 fully saturated rings. The van der Waals surface area contributed by atoms with E-state index >= 15 is 0 Å². The van der Waals surface area contributed by atoms with E-state index in [4.69, 9.17) is 4.74 Å². The lowest BCUT2D eigenvalue weighted by Crippen LogP contribution is -2.31. The lowest BCUT2D eigenvalue weighted by Gasteiger charge is -2.15. The summed E-state index contributed by atoms with van der Waals surface area (Å²) < 4.78 is 6.19. The van der Waals surface area contributed by atoms with E-state index in [1.54, 1.807) is 55.6 Å². The lowest BCUT2D eigenvalue weighted by atomic mass is 10.2. The summed E-state index contributed by atoms with van der Waals surface area (Å²) in [6.07, 6.45) is 0.157. The molecule has 0 bridgehead atoms. The van der Waals surface area contributed by atoms with Crippen LogP contribution in [0.2, 0.25) is 0 Å². The van der Waals surface area contributed by atoms with Crippen molar-refractivity contribution in [2.75, 3.05) is 17.3 Å². The minimum absolute atomic E-state index is 0.157. The zero-order chi connectivity index (χ0) is 22.7. The zero-order valence-corrected chi connectivity index (χ0v) is 20.1. The highest BCUT2D eigenvalue weighted by Gasteiger charge is 2.40. The van der Waals surface area contributed by atoms with Gasteiger partial charge in [0.1, 0.15) is 5.75 Å². The lowest BCUT2D eigenvalue weighted by molar-refractivity contribution is -0.121. The van der Waals surface area contributed by atoms with Gasteiger partial charge in [-0.2, -0.15) is 0 Å². The summed E-state index contributed by atoms with van der Waals surface area (Å²) in [6.45, 7) is 0. The van der Waals surface area contributed by atoms with Crippen LogP contribution in [-0.4, -0.2) is 30.1 Å². The molecule has 1 unspecified atom stereocenters.